The number of hydrogen-bond acceptors (Lipinski definition) is 4. The number of aromatic amines is 1. The lowest BCUT2D eigenvalue weighted by Crippen LogP contribution is -2.15. The number of imidazole rings is 1. The predicted octanol–water partition coefficient (Wildman–Crippen LogP) is 2.68. The van der Waals surface area contributed by atoms with E-state index in [4.69, 9.17) is 4.74 Å². The van der Waals surface area contributed by atoms with Crippen molar-refractivity contribution in [1.29, 1.82) is 0 Å². The summed E-state index contributed by atoms with van der Waals surface area (Å²) in [5.74, 6) is 0.627. The molecule has 0 aliphatic rings. The van der Waals surface area contributed by atoms with Crippen LogP contribution in [0.1, 0.15) is 18.3 Å². The molecular formula is C13H16BrN3O3S. The lowest BCUT2D eigenvalue weighted by atomic mass is 10.2. The molecule has 114 valence electrons. The topological polar surface area (TPSA) is 84.1 Å². The Bertz CT molecular complexity index is 728. The van der Waals surface area contributed by atoms with Crippen molar-refractivity contribution in [3.8, 4) is 0 Å². The first-order valence-corrected chi connectivity index (χ1v) is 8.58. The molecule has 0 aliphatic carbocycles. The zero-order chi connectivity index (χ0) is 15.5. The number of aryl methyl sites for hydroxylation is 1. The maximum atomic E-state index is 12.4. The standard InChI is InChI=1S/C13H16BrN3O3S/c1-3-12-15-7-13(16-12)21(18,19)17-11-6-4-5-10(14)9(11)8-20-2/h4-7,17H,3,8H2,1-2H3,(H,15,16). The van der Waals surface area contributed by atoms with Gasteiger partial charge in [0.1, 0.15) is 5.82 Å². The second kappa shape index (κ2) is 6.59. The van der Waals surface area contributed by atoms with Gasteiger partial charge in [0.15, 0.2) is 5.03 Å². The van der Waals surface area contributed by atoms with E-state index in [-0.39, 0.29) is 5.03 Å². The summed E-state index contributed by atoms with van der Waals surface area (Å²) in [6, 6.07) is 5.27. The average molecular weight is 374 g/mol. The van der Waals surface area contributed by atoms with Crippen molar-refractivity contribution in [2.24, 2.45) is 0 Å². The number of H-pyrrole nitrogens is 1. The zero-order valence-corrected chi connectivity index (χ0v) is 14.1. The lowest BCUT2D eigenvalue weighted by molar-refractivity contribution is 0.185. The number of anilines is 1. The Morgan fingerprint density at radius 2 is 2.19 bits per heavy atom. The van der Waals surface area contributed by atoms with Gasteiger partial charge in [0.05, 0.1) is 18.5 Å². The molecule has 0 saturated heterocycles. The van der Waals surface area contributed by atoms with E-state index in [2.05, 4.69) is 30.6 Å². The molecular weight excluding hydrogens is 358 g/mol. The maximum Gasteiger partial charge on any atom is 0.278 e. The highest BCUT2D eigenvalue weighted by Crippen LogP contribution is 2.27. The normalized spacial score (nSPS) is 11.6. The third-order valence-corrected chi connectivity index (χ3v) is 4.90. The molecule has 0 spiro atoms. The second-order valence-corrected chi connectivity index (χ2v) is 6.86. The first-order valence-electron chi connectivity index (χ1n) is 6.31. The molecule has 1 heterocycles. The summed E-state index contributed by atoms with van der Waals surface area (Å²) in [7, 11) is -2.15. The SMILES string of the molecule is CCc1ncc(S(=O)(=O)Nc2cccc(Br)c2COC)[nH]1. The fourth-order valence-electron chi connectivity index (χ4n) is 1.80. The molecule has 0 saturated carbocycles. The molecule has 6 nitrogen and oxygen atoms in total. The molecule has 1 aromatic carbocycles. The van der Waals surface area contributed by atoms with Gasteiger partial charge in [0, 0.05) is 23.6 Å². The number of aromatic nitrogens is 2. The van der Waals surface area contributed by atoms with Crippen LogP contribution in [0.4, 0.5) is 5.69 Å². The lowest BCUT2D eigenvalue weighted by Gasteiger charge is -2.12. The smallest absolute Gasteiger partial charge is 0.278 e. The average Bonchev–Trinajstić information content (AvgIpc) is 2.92. The Balaban J connectivity index is 2.34. The monoisotopic (exact) mass is 373 g/mol. The fraction of sp³-hybridized carbons (Fsp3) is 0.308. The number of rotatable bonds is 6. The third-order valence-electron chi connectivity index (χ3n) is 2.88. The van der Waals surface area contributed by atoms with E-state index >= 15 is 0 Å². The summed E-state index contributed by atoms with van der Waals surface area (Å²) in [5.41, 5.74) is 1.21. The number of halogens is 1. The molecule has 0 aliphatic heterocycles. The Kier molecular flexibility index (Phi) is 5.02. The van der Waals surface area contributed by atoms with Crippen molar-refractivity contribution in [2.75, 3.05) is 11.8 Å². The quantitative estimate of drug-likeness (QED) is 0.814. The van der Waals surface area contributed by atoms with Crippen LogP contribution in [-0.4, -0.2) is 25.5 Å². The first kappa shape index (κ1) is 16.0. The van der Waals surface area contributed by atoms with E-state index < -0.39 is 10.0 Å². The number of nitrogens with one attached hydrogen (secondary N) is 2. The molecule has 1 aromatic heterocycles. The van der Waals surface area contributed by atoms with Gasteiger partial charge in [0.2, 0.25) is 0 Å². The van der Waals surface area contributed by atoms with Crippen molar-refractivity contribution in [2.45, 2.75) is 25.0 Å². The van der Waals surface area contributed by atoms with Gasteiger partial charge in [-0.25, -0.2) is 4.98 Å². The molecule has 0 radical (unpaired) electrons. The number of sulfonamides is 1. The van der Waals surface area contributed by atoms with Crippen LogP contribution in [0, 0.1) is 0 Å². The van der Waals surface area contributed by atoms with Gasteiger partial charge in [-0.15, -0.1) is 0 Å². The van der Waals surface area contributed by atoms with Crippen molar-refractivity contribution in [1.82, 2.24) is 9.97 Å². The molecule has 0 amide bonds. The molecule has 0 fully saturated rings. The van der Waals surface area contributed by atoms with Crippen LogP contribution >= 0.6 is 15.9 Å². The highest BCUT2D eigenvalue weighted by molar-refractivity contribution is 9.10. The minimum Gasteiger partial charge on any atom is -0.380 e. The van der Waals surface area contributed by atoms with Gasteiger partial charge in [-0.1, -0.05) is 28.9 Å². The molecule has 8 heteroatoms. The maximum absolute atomic E-state index is 12.4. The summed E-state index contributed by atoms with van der Waals surface area (Å²) >= 11 is 3.39. The Hall–Kier alpha value is -1.38. The van der Waals surface area contributed by atoms with Gasteiger partial charge in [-0.3, -0.25) is 4.72 Å². The molecule has 0 unspecified atom stereocenters. The minimum atomic E-state index is -3.70. The Morgan fingerprint density at radius 3 is 2.81 bits per heavy atom. The minimum absolute atomic E-state index is 0.0442. The van der Waals surface area contributed by atoms with E-state index in [1.807, 2.05) is 13.0 Å². The van der Waals surface area contributed by atoms with Gasteiger partial charge in [-0.05, 0) is 12.1 Å². The van der Waals surface area contributed by atoms with Crippen molar-refractivity contribution in [3.05, 3.63) is 40.3 Å². The van der Waals surface area contributed by atoms with Gasteiger partial charge in [0.25, 0.3) is 10.0 Å². The summed E-state index contributed by atoms with van der Waals surface area (Å²) in [6.07, 6.45) is 1.95. The highest BCUT2D eigenvalue weighted by atomic mass is 79.9. The van der Waals surface area contributed by atoms with Crippen LogP contribution < -0.4 is 4.72 Å². The van der Waals surface area contributed by atoms with Crippen LogP contribution in [0.2, 0.25) is 0 Å². The van der Waals surface area contributed by atoms with E-state index in [0.717, 1.165) is 10.0 Å². The third kappa shape index (κ3) is 3.63. The van der Waals surface area contributed by atoms with Crippen LogP contribution in [0.25, 0.3) is 0 Å². The van der Waals surface area contributed by atoms with Gasteiger partial charge >= 0.3 is 0 Å². The summed E-state index contributed by atoms with van der Waals surface area (Å²) in [6.45, 7) is 2.19. The van der Waals surface area contributed by atoms with E-state index in [9.17, 15) is 8.42 Å². The zero-order valence-electron chi connectivity index (χ0n) is 11.7. The van der Waals surface area contributed by atoms with Crippen molar-refractivity contribution < 1.29 is 13.2 Å². The predicted molar refractivity (Wildman–Crippen MR) is 83.6 cm³/mol. The van der Waals surface area contributed by atoms with Crippen molar-refractivity contribution >= 4 is 31.6 Å². The highest BCUT2D eigenvalue weighted by Gasteiger charge is 2.19. The van der Waals surface area contributed by atoms with Crippen LogP contribution in [-0.2, 0) is 27.8 Å². The fourth-order valence-corrected chi connectivity index (χ4v) is 3.32. The van der Waals surface area contributed by atoms with Crippen LogP contribution in [0.3, 0.4) is 0 Å². The summed E-state index contributed by atoms with van der Waals surface area (Å²) in [5, 5.41) is 0.0442. The molecule has 2 rings (SSSR count). The molecule has 21 heavy (non-hydrogen) atoms. The largest absolute Gasteiger partial charge is 0.380 e. The van der Waals surface area contributed by atoms with E-state index in [0.29, 0.717) is 24.5 Å². The Morgan fingerprint density at radius 1 is 1.43 bits per heavy atom. The summed E-state index contributed by atoms with van der Waals surface area (Å²) < 4.78 is 33.2. The number of methoxy groups -OCH3 is 1. The van der Waals surface area contributed by atoms with Crippen molar-refractivity contribution in [3.63, 3.8) is 0 Å². The van der Waals surface area contributed by atoms with Gasteiger partial charge in [-0.2, -0.15) is 8.42 Å². The van der Waals surface area contributed by atoms with E-state index in [1.165, 1.54) is 6.20 Å². The Labute approximate surface area is 132 Å². The first-order chi connectivity index (χ1) is 9.97. The van der Waals surface area contributed by atoms with Crippen LogP contribution in [0.5, 0.6) is 0 Å². The molecule has 0 atom stereocenters. The molecule has 2 N–H and O–H groups in total. The summed E-state index contributed by atoms with van der Waals surface area (Å²) in [4.78, 5) is 6.80. The molecule has 2 aromatic rings. The number of nitrogens with zero attached hydrogens (tertiary/aromatic N) is 1. The van der Waals surface area contributed by atoms with Crippen LogP contribution in [0.15, 0.2) is 33.9 Å². The second-order valence-electron chi connectivity index (χ2n) is 4.35. The molecule has 0 bridgehead atoms. The van der Waals surface area contributed by atoms with Gasteiger partial charge < -0.3 is 9.72 Å². The number of ether oxygens (including phenoxy) is 1. The number of benzene rings is 1. The van der Waals surface area contributed by atoms with E-state index in [1.54, 1.807) is 19.2 Å². The number of hydrogen-bond donors (Lipinski definition) is 2.